The Morgan fingerprint density at radius 2 is 1.95 bits per heavy atom. The number of piperidine rings is 1. The summed E-state index contributed by atoms with van der Waals surface area (Å²) in [5.74, 6) is 0.764. The molecule has 2 rings (SSSR count). The van der Waals surface area contributed by atoms with Gasteiger partial charge in [-0.2, -0.15) is 11.8 Å². The van der Waals surface area contributed by atoms with Crippen molar-refractivity contribution in [3.05, 3.63) is 0 Å². The Hall–Kier alpha value is 0.270. The summed E-state index contributed by atoms with van der Waals surface area (Å²) in [7, 11) is 0. The van der Waals surface area contributed by atoms with Crippen molar-refractivity contribution in [2.24, 2.45) is 5.92 Å². The van der Waals surface area contributed by atoms with E-state index in [1.165, 1.54) is 45.4 Å². The average molecular weight is 285 g/mol. The fourth-order valence-electron chi connectivity index (χ4n) is 3.64. The minimum absolute atomic E-state index is 0.379. The Morgan fingerprint density at radius 1 is 1.21 bits per heavy atom. The summed E-state index contributed by atoms with van der Waals surface area (Å²) < 4.78 is 0.379. The van der Waals surface area contributed by atoms with Gasteiger partial charge < -0.3 is 0 Å². The number of rotatable bonds is 4. The summed E-state index contributed by atoms with van der Waals surface area (Å²) in [6.45, 7) is 14.8. The summed E-state index contributed by atoms with van der Waals surface area (Å²) in [6.07, 6.45) is 6.52. The molecular weight excluding hydrogens is 252 g/mol. The van der Waals surface area contributed by atoms with E-state index >= 15 is 0 Å². The lowest BCUT2D eigenvalue weighted by atomic mass is 9.91. The summed E-state index contributed by atoms with van der Waals surface area (Å²) in [5, 5.41) is 0. The van der Waals surface area contributed by atoms with Crippen molar-refractivity contribution < 1.29 is 0 Å². The van der Waals surface area contributed by atoms with Crippen molar-refractivity contribution >= 4 is 11.8 Å². The van der Waals surface area contributed by atoms with Crippen molar-refractivity contribution in [1.29, 1.82) is 0 Å². The van der Waals surface area contributed by atoms with Crippen molar-refractivity contribution in [1.82, 2.24) is 9.80 Å². The zero-order chi connectivity index (χ0) is 14.0. The minimum atomic E-state index is 0.379. The first-order valence-corrected chi connectivity index (χ1v) is 9.18. The van der Waals surface area contributed by atoms with Gasteiger partial charge in [0, 0.05) is 36.5 Å². The first-order chi connectivity index (χ1) is 8.93. The topological polar surface area (TPSA) is 6.48 Å². The van der Waals surface area contributed by atoms with Crippen LogP contribution in [0.3, 0.4) is 0 Å². The second-order valence-corrected chi connectivity index (χ2v) is 8.86. The zero-order valence-electron chi connectivity index (χ0n) is 13.5. The molecule has 2 heterocycles. The molecule has 0 aliphatic carbocycles. The monoisotopic (exact) mass is 284 g/mol. The highest BCUT2D eigenvalue weighted by atomic mass is 32.2. The third-order valence-electron chi connectivity index (χ3n) is 4.99. The van der Waals surface area contributed by atoms with Gasteiger partial charge in [0.15, 0.2) is 0 Å². The summed E-state index contributed by atoms with van der Waals surface area (Å²) in [4.78, 5) is 5.57. The zero-order valence-corrected chi connectivity index (χ0v) is 14.3. The van der Waals surface area contributed by atoms with Crippen LogP contribution in [-0.2, 0) is 0 Å². The molecule has 2 aliphatic heterocycles. The molecule has 2 saturated heterocycles. The normalized spacial score (nSPS) is 30.6. The smallest absolute Gasteiger partial charge is 0.0247 e. The van der Waals surface area contributed by atoms with Gasteiger partial charge in [0.25, 0.3) is 0 Å². The van der Waals surface area contributed by atoms with Crippen molar-refractivity contribution in [2.75, 3.05) is 32.4 Å². The van der Waals surface area contributed by atoms with Crippen LogP contribution < -0.4 is 0 Å². The van der Waals surface area contributed by atoms with Crippen molar-refractivity contribution in [2.45, 2.75) is 63.8 Å². The molecule has 2 atom stereocenters. The van der Waals surface area contributed by atoms with Crippen LogP contribution in [0.5, 0.6) is 0 Å². The lowest BCUT2D eigenvalue weighted by molar-refractivity contribution is -0.0103. The van der Waals surface area contributed by atoms with Gasteiger partial charge in [-0.05, 0) is 45.4 Å². The van der Waals surface area contributed by atoms with Gasteiger partial charge in [0.1, 0.15) is 0 Å². The number of hydrogen-bond donors (Lipinski definition) is 0. The summed E-state index contributed by atoms with van der Waals surface area (Å²) in [6, 6.07) is 1.59. The second-order valence-electron chi connectivity index (χ2n) is 7.35. The predicted molar refractivity (Wildman–Crippen MR) is 87.0 cm³/mol. The summed E-state index contributed by atoms with van der Waals surface area (Å²) >= 11 is 2.01. The molecule has 0 aromatic carbocycles. The highest BCUT2D eigenvalue weighted by molar-refractivity contribution is 7.99. The Kier molecular flexibility index (Phi) is 5.24. The fourth-order valence-corrected chi connectivity index (χ4v) is 3.93. The highest BCUT2D eigenvalue weighted by Gasteiger charge is 2.37. The molecule has 0 saturated carbocycles. The third-order valence-corrected chi connectivity index (χ3v) is 6.23. The standard InChI is InChI=1S/C16H32N2S/c1-13(2)15-11-17-9-7-6-8-14(17)10-18(15)12-16(3,4)19-5/h13-15H,6-12H2,1-5H3. The van der Waals surface area contributed by atoms with Crippen LogP contribution in [0.1, 0.15) is 47.0 Å². The van der Waals surface area contributed by atoms with Crippen LogP contribution in [0.25, 0.3) is 0 Å². The quantitative estimate of drug-likeness (QED) is 0.782. The van der Waals surface area contributed by atoms with Crippen LogP contribution >= 0.6 is 11.8 Å². The van der Waals surface area contributed by atoms with Gasteiger partial charge in [0.2, 0.25) is 0 Å². The highest BCUT2D eigenvalue weighted by Crippen LogP contribution is 2.30. The molecule has 2 nitrogen and oxygen atoms in total. The predicted octanol–water partition coefficient (Wildman–Crippen LogP) is 3.32. The number of piperazine rings is 1. The average Bonchev–Trinajstić information content (AvgIpc) is 2.37. The van der Waals surface area contributed by atoms with E-state index in [-0.39, 0.29) is 0 Å². The third kappa shape index (κ3) is 3.89. The van der Waals surface area contributed by atoms with E-state index in [9.17, 15) is 0 Å². The van der Waals surface area contributed by atoms with Crippen LogP contribution in [0, 0.1) is 5.92 Å². The number of hydrogen-bond acceptors (Lipinski definition) is 3. The largest absolute Gasteiger partial charge is 0.298 e. The van der Waals surface area contributed by atoms with E-state index in [1.807, 2.05) is 11.8 Å². The van der Waals surface area contributed by atoms with Crippen LogP contribution in [0.2, 0.25) is 0 Å². The van der Waals surface area contributed by atoms with E-state index in [1.54, 1.807) is 0 Å². The first-order valence-electron chi connectivity index (χ1n) is 7.96. The first kappa shape index (κ1) is 15.7. The van der Waals surface area contributed by atoms with E-state index in [2.05, 4.69) is 43.8 Å². The number of nitrogens with zero attached hydrogens (tertiary/aromatic N) is 2. The maximum Gasteiger partial charge on any atom is 0.0247 e. The molecule has 19 heavy (non-hydrogen) atoms. The molecule has 0 aromatic heterocycles. The Balaban J connectivity index is 2.05. The van der Waals surface area contributed by atoms with Crippen LogP contribution in [-0.4, -0.2) is 59.1 Å². The number of fused-ring (bicyclic) bond motifs is 1. The fraction of sp³-hybridized carbons (Fsp3) is 1.00. The van der Waals surface area contributed by atoms with Gasteiger partial charge >= 0.3 is 0 Å². The van der Waals surface area contributed by atoms with Gasteiger partial charge in [0.05, 0.1) is 0 Å². The molecule has 0 radical (unpaired) electrons. The lowest BCUT2D eigenvalue weighted by Gasteiger charge is -2.51. The van der Waals surface area contributed by atoms with E-state index in [0.29, 0.717) is 4.75 Å². The summed E-state index contributed by atoms with van der Waals surface area (Å²) in [5.41, 5.74) is 0. The van der Waals surface area contributed by atoms with Gasteiger partial charge in [-0.25, -0.2) is 0 Å². The number of thioether (sulfide) groups is 1. The van der Waals surface area contributed by atoms with Gasteiger partial charge in [-0.3, -0.25) is 9.80 Å². The maximum atomic E-state index is 2.80. The van der Waals surface area contributed by atoms with Crippen LogP contribution in [0.15, 0.2) is 0 Å². The van der Waals surface area contributed by atoms with Gasteiger partial charge in [-0.1, -0.05) is 20.3 Å². The molecule has 2 unspecified atom stereocenters. The Labute approximate surface area is 124 Å². The molecule has 0 bridgehead atoms. The maximum absolute atomic E-state index is 2.80. The second kappa shape index (κ2) is 6.36. The molecule has 3 heteroatoms. The molecule has 0 aromatic rings. The molecular formula is C16H32N2S. The Bertz CT molecular complexity index is 290. The molecule has 112 valence electrons. The van der Waals surface area contributed by atoms with Crippen molar-refractivity contribution in [3.8, 4) is 0 Å². The van der Waals surface area contributed by atoms with Gasteiger partial charge in [-0.15, -0.1) is 0 Å². The van der Waals surface area contributed by atoms with E-state index < -0.39 is 0 Å². The molecule has 2 aliphatic rings. The SMILES string of the molecule is CSC(C)(C)CN1CC2CCCCN2CC1C(C)C. The van der Waals surface area contributed by atoms with Crippen LogP contribution in [0.4, 0.5) is 0 Å². The van der Waals surface area contributed by atoms with E-state index in [4.69, 9.17) is 0 Å². The molecule has 0 amide bonds. The minimum Gasteiger partial charge on any atom is -0.298 e. The molecule has 2 fully saturated rings. The van der Waals surface area contributed by atoms with E-state index in [0.717, 1.165) is 18.0 Å². The van der Waals surface area contributed by atoms with Crippen molar-refractivity contribution in [3.63, 3.8) is 0 Å². The molecule has 0 spiro atoms. The molecule has 0 N–H and O–H groups in total. The Morgan fingerprint density at radius 3 is 2.58 bits per heavy atom. The lowest BCUT2D eigenvalue weighted by Crippen LogP contribution is -2.62.